The summed E-state index contributed by atoms with van der Waals surface area (Å²) in [5.74, 6) is 0.716. The molecule has 0 unspecified atom stereocenters. The number of hydrogen-bond acceptors (Lipinski definition) is 4. The van der Waals surface area contributed by atoms with Gasteiger partial charge in [-0.25, -0.2) is 9.97 Å². The average molecular weight is 263 g/mol. The highest BCUT2D eigenvalue weighted by Gasteiger charge is 2.07. The van der Waals surface area contributed by atoms with E-state index >= 15 is 0 Å². The van der Waals surface area contributed by atoms with E-state index in [-0.39, 0.29) is 12.3 Å². The van der Waals surface area contributed by atoms with Crippen molar-refractivity contribution in [1.82, 2.24) is 9.97 Å². The molecule has 0 fully saturated rings. The normalized spacial score (nSPS) is 10.4. The van der Waals surface area contributed by atoms with E-state index in [1.54, 1.807) is 0 Å². The summed E-state index contributed by atoms with van der Waals surface area (Å²) >= 11 is 0. The lowest BCUT2D eigenvalue weighted by Gasteiger charge is -2.07. The minimum Gasteiger partial charge on any atom is -0.362 e. The standard InChI is InChI=1S/C16H13N3O/c20-15(12-6-2-1-3-7-12)10-17-16-13-8-4-5-9-14(13)18-11-19-16/h1-9,11H,10H2,(H,17,18,19). The Morgan fingerprint density at radius 3 is 2.55 bits per heavy atom. The van der Waals surface area contributed by atoms with Gasteiger partial charge in [0.05, 0.1) is 12.1 Å². The molecule has 0 saturated heterocycles. The van der Waals surface area contributed by atoms with Crippen molar-refractivity contribution in [2.45, 2.75) is 0 Å². The van der Waals surface area contributed by atoms with E-state index in [9.17, 15) is 4.79 Å². The monoisotopic (exact) mass is 263 g/mol. The first-order valence-electron chi connectivity index (χ1n) is 6.36. The fourth-order valence-electron chi connectivity index (χ4n) is 2.04. The van der Waals surface area contributed by atoms with E-state index in [0.717, 1.165) is 10.9 Å². The Bertz CT molecular complexity index is 736. The molecule has 0 atom stereocenters. The molecule has 0 aliphatic rings. The number of benzene rings is 2. The number of nitrogens with zero attached hydrogens (tertiary/aromatic N) is 2. The minimum atomic E-state index is 0.0355. The van der Waals surface area contributed by atoms with Gasteiger partial charge < -0.3 is 5.32 Å². The van der Waals surface area contributed by atoms with Gasteiger partial charge in [0.2, 0.25) is 0 Å². The number of nitrogens with one attached hydrogen (secondary N) is 1. The molecule has 98 valence electrons. The Hall–Kier alpha value is -2.75. The van der Waals surface area contributed by atoms with Crippen LogP contribution in [0.2, 0.25) is 0 Å². The van der Waals surface area contributed by atoms with Gasteiger partial charge in [-0.05, 0) is 12.1 Å². The second kappa shape index (κ2) is 5.48. The maximum atomic E-state index is 12.0. The number of carbonyl (C=O) groups is 1. The van der Waals surface area contributed by atoms with Gasteiger partial charge in [-0.1, -0.05) is 42.5 Å². The number of carbonyl (C=O) groups excluding carboxylic acids is 1. The molecule has 4 heteroatoms. The van der Waals surface area contributed by atoms with Crippen molar-refractivity contribution in [2.24, 2.45) is 0 Å². The van der Waals surface area contributed by atoms with E-state index in [2.05, 4.69) is 15.3 Å². The van der Waals surface area contributed by atoms with Crippen LogP contribution >= 0.6 is 0 Å². The number of para-hydroxylation sites is 1. The second-order valence-corrected chi connectivity index (χ2v) is 4.38. The largest absolute Gasteiger partial charge is 0.362 e. The molecule has 0 saturated carbocycles. The van der Waals surface area contributed by atoms with Crippen LogP contribution in [0.25, 0.3) is 10.9 Å². The lowest BCUT2D eigenvalue weighted by atomic mass is 10.1. The van der Waals surface area contributed by atoms with Gasteiger partial charge >= 0.3 is 0 Å². The molecule has 0 aliphatic heterocycles. The van der Waals surface area contributed by atoms with Crippen LogP contribution in [0.3, 0.4) is 0 Å². The van der Waals surface area contributed by atoms with Crippen molar-refractivity contribution in [3.63, 3.8) is 0 Å². The second-order valence-electron chi connectivity index (χ2n) is 4.38. The Kier molecular flexibility index (Phi) is 3.37. The van der Waals surface area contributed by atoms with E-state index in [0.29, 0.717) is 11.4 Å². The molecular weight excluding hydrogens is 250 g/mol. The maximum Gasteiger partial charge on any atom is 0.181 e. The predicted molar refractivity (Wildman–Crippen MR) is 78.8 cm³/mol. The first kappa shape index (κ1) is 12.3. The van der Waals surface area contributed by atoms with Gasteiger partial charge in [-0.15, -0.1) is 0 Å². The highest BCUT2D eigenvalue weighted by molar-refractivity contribution is 6.00. The molecule has 2 aromatic carbocycles. The van der Waals surface area contributed by atoms with Crippen LogP contribution in [-0.4, -0.2) is 22.3 Å². The Labute approximate surface area is 116 Å². The average Bonchev–Trinajstić information content (AvgIpc) is 2.53. The molecule has 0 amide bonds. The zero-order valence-corrected chi connectivity index (χ0v) is 10.8. The number of fused-ring (bicyclic) bond motifs is 1. The molecule has 0 aliphatic carbocycles. The summed E-state index contributed by atoms with van der Waals surface area (Å²) in [6.45, 7) is 0.213. The molecule has 20 heavy (non-hydrogen) atoms. The number of ketones is 1. The van der Waals surface area contributed by atoms with Crippen LogP contribution in [0, 0.1) is 0 Å². The summed E-state index contributed by atoms with van der Waals surface area (Å²) < 4.78 is 0. The molecule has 1 N–H and O–H groups in total. The number of rotatable bonds is 4. The fraction of sp³-hybridized carbons (Fsp3) is 0.0625. The lowest BCUT2D eigenvalue weighted by molar-refractivity contribution is 0.101. The van der Waals surface area contributed by atoms with Crippen LogP contribution in [0.5, 0.6) is 0 Å². The van der Waals surface area contributed by atoms with E-state index < -0.39 is 0 Å². The minimum absolute atomic E-state index is 0.0355. The fourth-order valence-corrected chi connectivity index (χ4v) is 2.04. The van der Waals surface area contributed by atoms with Crippen molar-refractivity contribution >= 4 is 22.5 Å². The number of anilines is 1. The van der Waals surface area contributed by atoms with Crippen LogP contribution in [-0.2, 0) is 0 Å². The quantitative estimate of drug-likeness (QED) is 0.735. The third-order valence-corrected chi connectivity index (χ3v) is 3.05. The smallest absolute Gasteiger partial charge is 0.181 e. The summed E-state index contributed by atoms with van der Waals surface area (Å²) in [5, 5.41) is 4.00. The van der Waals surface area contributed by atoms with Crippen molar-refractivity contribution in [2.75, 3.05) is 11.9 Å². The van der Waals surface area contributed by atoms with Crippen LogP contribution < -0.4 is 5.32 Å². The lowest BCUT2D eigenvalue weighted by Crippen LogP contribution is -2.14. The summed E-state index contributed by atoms with van der Waals surface area (Å²) in [7, 11) is 0. The van der Waals surface area contributed by atoms with Crippen molar-refractivity contribution < 1.29 is 4.79 Å². The third kappa shape index (κ3) is 2.49. The van der Waals surface area contributed by atoms with E-state index in [1.807, 2.05) is 54.6 Å². The maximum absolute atomic E-state index is 12.0. The van der Waals surface area contributed by atoms with Gasteiger partial charge in [0, 0.05) is 10.9 Å². The van der Waals surface area contributed by atoms with E-state index in [1.165, 1.54) is 6.33 Å². The van der Waals surface area contributed by atoms with Gasteiger partial charge in [0.15, 0.2) is 5.78 Å². The van der Waals surface area contributed by atoms with Gasteiger partial charge in [0.1, 0.15) is 12.1 Å². The molecule has 1 heterocycles. The van der Waals surface area contributed by atoms with Gasteiger partial charge in [-0.2, -0.15) is 0 Å². The van der Waals surface area contributed by atoms with Crippen LogP contribution in [0.15, 0.2) is 60.9 Å². The number of hydrogen-bond donors (Lipinski definition) is 1. The van der Waals surface area contributed by atoms with Gasteiger partial charge in [0.25, 0.3) is 0 Å². The Morgan fingerprint density at radius 2 is 1.70 bits per heavy atom. The topological polar surface area (TPSA) is 54.9 Å². The first-order valence-corrected chi connectivity index (χ1v) is 6.36. The van der Waals surface area contributed by atoms with Crippen molar-refractivity contribution in [3.8, 4) is 0 Å². The summed E-state index contributed by atoms with van der Waals surface area (Å²) in [4.78, 5) is 20.4. The summed E-state index contributed by atoms with van der Waals surface area (Å²) in [6.07, 6.45) is 1.50. The SMILES string of the molecule is O=C(CNc1ncnc2ccccc12)c1ccccc1. The molecule has 0 spiro atoms. The molecule has 1 aromatic heterocycles. The third-order valence-electron chi connectivity index (χ3n) is 3.05. The molecule has 3 rings (SSSR count). The molecule has 0 bridgehead atoms. The van der Waals surface area contributed by atoms with E-state index in [4.69, 9.17) is 0 Å². The predicted octanol–water partition coefficient (Wildman–Crippen LogP) is 2.92. The highest BCUT2D eigenvalue weighted by Crippen LogP contribution is 2.18. The van der Waals surface area contributed by atoms with Crippen LogP contribution in [0.4, 0.5) is 5.82 Å². The first-order chi connectivity index (χ1) is 9.84. The number of aromatic nitrogens is 2. The molecule has 0 radical (unpaired) electrons. The van der Waals surface area contributed by atoms with Crippen molar-refractivity contribution in [1.29, 1.82) is 0 Å². The molecule has 4 nitrogen and oxygen atoms in total. The number of Topliss-reactive ketones (excluding diaryl/α,β-unsaturated/α-hetero) is 1. The Balaban J connectivity index is 1.79. The van der Waals surface area contributed by atoms with Crippen LogP contribution in [0.1, 0.15) is 10.4 Å². The zero-order chi connectivity index (χ0) is 13.8. The summed E-state index contributed by atoms with van der Waals surface area (Å²) in [5.41, 5.74) is 1.55. The Morgan fingerprint density at radius 1 is 0.950 bits per heavy atom. The highest BCUT2D eigenvalue weighted by atomic mass is 16.1. The van der Waals surface area contributed by atoms with Crippen molar-refractivity contribution in [3.05, 3.63) is 66.5 Å². The zero-order valence-electron chi connectivity index (χ0n) is 10.8. The van der Waals surface area contributed by atoms with Gasteiger partial charge in [-0.3, -0.25) is 4.79 Å². The molecule has 3 aromatic rings. The molecular formula is C16H13N3O. The summed E-state index contributed by atoms with van der Waals surface area (Å²) in [6, 6.07) is 16.9.